The first kappa shape index (κ1) is 16.0. The second-order valence-corrected chi connectivity index (χ2v) is 6.31. The van der Waals surface area contributed by atoms with Gasteiger partial charge in [0.2, 0.25) is 0 Å². The molecule has 4 rings (SSSR count). The number of rotatable bonds is 3. The molecule has 0 aliphatic carbocycles. The maximum atomic E-state index is 13.2. The van der Waals surface area contributed by atoms with E-state index in [0.29, 0.717) is 11.1 Å². The molecule has 3 aromatic carbocycles. The van der Waals surface area contributed by atoms with Crippen LogP contribution in [0, 0.1) is 6.92 Å². The van der Waals surface area contributed by atoms with Crippen molar-refractivity contribution >= 4 is 16.7 Å². The van der Waals surface area contributed by atoms with Crippen molar-refractivity contribution in [2.24, 2.45) is 0 Å². The molecule has 0 aliphatic heterocycles. The van der Waals surface area contributed by atoms with Crippen LogP contribution >= 0.6 is 0 Å². The van der Waals surface area contributed by atoms with Crippen molar-refractivity contribution in [1.29, 1.82) is 0 Å². The number of carbonyl (C=O) groups excluding carboxylic acids is 1. The smallest absolute Gasteiger partial charge is 0.260 e. The van der Waals surface area contributed by atoms with Gasteiger partial charge in [-0.25, -0.2) is 0 Å². The number of hydrogen-bond donors (Lipinski definition) is 1. The van der Waals surface area contributed by atoms with Crippen LogP contribution in [-0.4, -0.2) is 10.8 Å². The first-order chi connectivity index (χ1) is 12.6. The van der Waals surface area contributed by atoms with Gasteiger partial charge in [0, 0.05) is 22.0 Å². The molecule has 1 heterocycles. The van der Waals surface area contributed by atoms with Crippen molar-refractivity contribution in [3.8, 4) is 11.1 Å². The summed E-state index contributed by atoms with van der Waals surface area (Å²) in [6.07, 6.45) is 0. The summed E-state index contributed by atoms with van der Waals surface area (Å²) in [6, 6.07) is 24.4. The van der Waals surface area contributed by atoms with E-state index in [-0.39, 0.29) is 16.9 Å². The molecule has 0 saturated carbocycles. The summed E-state index contributed by atoms with van der Waals surface area (Å²) in [5.74, 6) is -0.269. The first-order valence-electron chi connectivity index (χ1n) is 8.47. The van der Waals surface area contributed by atoms with Gasteiger partial charge >= 0.3 is 0 Å². The van der Waals surface area contributed by atoms with E-state index in [1.807, 2.05) is 61.5 Å². The lowest BCUT2D eigenvalue weighted by molar-refractivity contribution is 0.103. The highest BCUT2D eigenvalue weighted by Crippen LogP contribution is 2.31. The second kappa shape index (κ2) is 6.45. The minimum Gasteiger partial charge on any atom is -0.321 e. The summed E-state index contributed by atoms with van der Waals surface area (Å²) in [4.78, 5) is 28.9. The Bertz CT molecular complexity index is 1160. The van der Waals surface area contributed by atoms with Crippen molar-refractivity contribution in [3.63, 3.8) is 0 Å². The SMILES string of the molecule is Cc1ccc2[nH]c(=O)c(C(=O)c3ccccc3)c(-c3ccccc3)c2c1. The Balaban J connectivity index is 2.11. The third-order valence-corrected chi connectivity index (χ3v) is 4.50. The molecule has 1 N–H and O–H groups in total. The number of aromatic amines is 1. The zero-order valence-electron chi connectivity index (χ0n) is 14.3. The van der Waals surface area contributed by atoms with Crippen LogP contribution in [0.1, 0.15) is 21.5 Å². The van der Waals surface area contributed by atoms with Crippen LogP contribution in [-0.2, 0) is 0 Å². The Morgan fingerprint density at radius 1 is 0.846 bits per heavy atom. The monoisotopic (exact) mass is 339 g/mol. The molecule has 0 fully saturated rings. The fourth-order valence-electron chi connectivity index (χ4n) is 3.26. The predicted molar refractivity (Wildman–Crippen MR) is 105 cm³/mol. The topological polar surface area (TPSA) is 49.9 Å². The van der Waals surface area contributed by atoms with Gasteiger partial charge in [-0.05, 0) is 24.6 Å². The van der Waals surface area contributed by atoms with Crippen LogP contribution < -0.4 is 5.56 Å². The molecule has 0 aliphatic rings. The Labute approximate surface area is 150 Å². The van der Waals surface area contributed by atoms with Gasteiger partial charge in [-0.1, -0.05) is 72.3 Å². The number of aryl methyl sites for hydroxylation is 1. The van der Waals surface area contributed by atoms with E-state index in [0.717, 1.165) is 22.0 Å². The average molecular weight is 339 g/mol. The van der Waals surface area contributed by atoms with Crippen molar-refractivity contribution in [2.75, 3.05) is 0 Å². The molecule has 3 heteroatoms. The number of aromatic nitrogens is 1. The molecule has 1 aromatic heterocycles. The zero-order valence-corrected chi connectivity index (χ0v) is 14.3. The highest BCUT2D eigenvalue weighted by Gasteiger charge is 2.21. The number of H-pyrrole nitrogens is 1. The lowest BCUT2D eigenvalue weighted by Gasteiger charge is -2.13. The van der Waals surface area contributed by atoms with E-state index >= 15 is 0 Å². The highest BCUT2D eigenvalue weighted by molar-refractivity contribution is 6.16. The molecular formula is C23H17NO2. The van der Waals surface area contributed by atoms with Crippen molar-refractivity contribution < 1.29 is 4.79 Å². The summed E-state index contributed by atoms with van der Waals surface area (Å²) in [5, 5.41) is 0.870. The summed E-state index contributed by atoms with van der Waals surface area (Å²) in [6.45, 7) is 2.00. The van der Waals surface area contributed by atoms with E-state index in [9.17, 15) is 9.59 Å². The number of hydrogen-bond acceptors (Lipinski definition) is 2. The molecule has 0 amide bonds. The number of ketones is 1. The highest BCUT2D eigenvalue weighted by atomic mass is 16.1. The lowest BCUT2D eigenvalue weighted by Crippen LogP contribution is -2.20. The molecule has 26 heavy (non-hydrogen) atoms. The quantitative estimate of drug-likeness (QED) is 0.548. The number of benzene rings is 3. The third-order valence-electron chi connectivity index (χ3n) is 4.50. The molecule has 0 atom stereocenters. The van der Waals surface area contributed by atoms with E-state index in [2.05, 4.69) is 4.98 Å². The van der Waals surface area contributed by atoms with Crippen LogP contribution in [0.15, 0.2) is 83.7 Å². The Hall–Kier alpha value is -3.46. The summed E-state index contributed by atoms with van der Waals surface area (Å²) < 4.78 is 0. The summed E-state index contributed by atoms with van der Waals surface area (Å²) in [5.41, 5.74) is 3.65. The maximum absolute atomic E-state index is 13.2. The molecule has 0 radical (unpaired) electrons. The largest absolute Gasteiger partial charge is 0.321 e. The molecule has 0 unspecified atom stereocenters. The number of fused-ring (bicyclic) bond motifs is 1. The second-order valence-electron chi connectivity index (χ2n) is 6.31. The van der Waals surface area contributed by atoms with Crippen LogP contribution in [0.4, 0.5) is 0 Å². The minimum atomic E-state index is -0.367. The van der Waals surface area contributed by atoms with E-state index in [4.69, 9.17) is 0 Å². The van der Waals surface area contributed by atoms with Gasteiger partial charge in [-0.3, -0.25) is 9.59 Å². The van der Waals surface area contributed by atoms with Gasteiger partial charge in [0.15, 0.2) is 5.78 Å². The molecule has 4 aromatic rings. The van der Waals surface area contributed by atoms with Crippen molar-refractivity contribution in [1.82, 2.24) is 4.98 Å². The Kier molecular flexibility index (Phi) is 3.98. The summed E-state index contributed by atoms with van der Waals surface area (Å²) in [7, 11) is 0. The van der Waals surface area contributed by atoms with Crippen LogP contribution in [0.3, 0.4) is 0 Å². The van der Waals surface area contributed by atoms with Gasteiger partial charge in [0.25, 0.3) is 5.56 Å². The van der Waals surface area contributed by atoms with Gasteiger partial charge in [0.05, 0.1) is 5.56 Å². The Morgan fingerprint density at radius 3 is 2.19 bits per heavy atom. The molecule has 126 valence electrons. The average Bonchev–Trinajstić information content (AvgIpc) is 2.68. The number of carbonyl (C=O) groups is 1. The minimum absolute atomic E-state index is 0.181. The van der Waals surface area contributed by atoms with Crippen LogP contribution in [0.25, 0.3) is 22.0 Å². The Morgan fingerprint density at radius 2 is 1.50 bits per heavy atom. The third kappa shape index (κ3) is 2.74. The molecular weight excluding hydrogens is 322 g/mol. The summed E-state index contributed by atoms with van der Waals surface area (Å²) >= 11 is 0. The van der Waals surface area contributed by atoms with E-state index < -0.39 is 0 Å². The predicted octanol–water partition coefficient (Wildman–Crippen LogP) is 4.73. The van der Waals surface area contributed by atoms with E-state index in [1.165, 1.54) is 0 Å². The van der Waals surface area contributed by atoms with Crippen LogP contribution in [0.2, 0.25) is 0 Å². The molecule has 0 bridgehead atoms. The lowest BCUT2D eigenvalue weighted by atomic mass is 9.91. The van der Waals surface area contributed by atoms with Crippen molar-refractivity contribution in [2.45, 2.75) is 6.92 Å². The van der Waals surface area contributed by atoms with Gasteiger partial charge in [-0.15, -0.1) is 0 Å². The van der Waals surface area contributed by atoms with Gasteiger partial charge < -0.3 is 4.98 Å². The van der Waals surface area contributed by atoms with Crippen molar-refractivity contribution in [3.05, 3.63) is 106 Å². The fraction of sp³-hybridized carbons (Fsp3) is 0.0435. The van der Waals surface area contributed by atoms with E-state index in [1.54, 1.807) is 24.3 Å². The van der Waals surface area contributed by atoms with Gasteiger partial charge in [-0.2, -0.15) is 0 Å². The molecule has 0 saturated heterocycles. The molecule has 3 nitrogen and oxygen atoms in total. The first-order valence-corrected chi connectivity index (χ1v) is 8.47. The number of pyridine rings is 1. The standard InChI is InChI=1S/C23H17NO2/c1-15-12-13-19-18(14-15)20(16-8-4-2-5-9-16)21(23(26)24-19)22(25)17-10-6-3-7-11-17/h2-14H,1H3,(H,24,26). The zero-order chi connectivity index (χ0) is 18.1. The number of nitrogens with one attached hydrogen (secondary N) is 1. The molecule has 0 spiro atoms. The van der Waals surface area contributed by atoms with Crippen LogP contribution in [0.5, 0.6) is 0 Å². The normalized spacial score (nSPS) is 10.8. The van der Waals surface area contributed by atoms with Gasteiger partial charge in [0.1, 0.15) is 0 Å². The maximum Gasteiger partial charge on any atom is 0.260 e. The fourth-order valence-corrected chi connectivity index (χ4v) is 3.26.